The van der Waals surface area contributed by atoms with E-state index in [-0.39, 0.29) is 39.9 Å². The standard InChI is InChI=1S/C26H18ClF3N2O4/c1-35-23-11-20-17(10-18(23)27)25(34)24-21(32-20)8-15(9-22(24)33)14-4-7-19(31-12-14)13-2-5-16(6-3-13)36-26(28,29)30/h2-7,10-12,15H,8-9H2,1H3,(H,32,34). The second kappa shape index (κ2) is 8.98. The van der Waals surface area contributed by atoms with Crippen molar-refractivity contribution in [3.05, 3.63) is 86.8 Å². The number of benzene rings is 2. The van der Waals surface area contributed by atoms with Gasteiger partial charge in [0.1, 0.15) is 11.5 Å². The lowest BCUT2D eigenvalue weighted by atomic mass is 9.81. The average molecular weight is 515 g/mol. The molecule has 184 valence electrons. The highest BCUT2D eigenvalue weighted by Gasteiger charge is 2.31. The van der Waals surface area contributed by atoms with E-state index in [4.69, 9.17) is 16.3 Å². The molecular formula is C26H18ClF3N2O4. The molecule has 0 bridgehead atoms. The average Bonchev–Trinajstić information content (AvgIpc) is 2.83. The maximum absolute atomic E-state index is 13.1. The fourth-order valence-corrected chi connectivity index (χ4v) is 4.71. The zero-order chi connectivity index (χ0) is 25.6. The fourth-order valence-electron chi connectivity index (χ4n) is 4.47. The molecule has 0 spiro atoms. The van der Waals surface area contributed by atoms with E-state index in [9.17, 15) is 22.8 Å². The number of hydrogen-bond acceptors (Lipinski definition) is 5. The summed E-state index contributed by atoms with van der Waals surface area (Å²) in [6, 6.07) is 12.1. The van der Waals surface area contributed by atoms with Crippen LogP contribution in [0.1, 0.15) is 34.0 Å². The molecule has 0 radical (unpaired) electrons. The molecule has 1 N–H and O–H groups in total. The number of pyridine rings is 2. The van der Waals surface area contributed by atoms with Crippen LogP contribution in [0.4, 0.5) is 13.2 Å². The molecule has 6 nitrogen and oxygen atoms in total. The van der Waals surface area contributed by atoms with Crippen LogP contribution in [0, 0.1) is 0 Å². The molecule has 0 saturated carbocycles. The highest BCUT2D eigenvalue weighted by Crippen LogP contribution is 2.34. The van der Waals surface area contributed by atoms with Crippen molar-refractivity contribution < 1.29 is 27.4 Å². The zero-order valence-corrected chi connectivity index (χ0v) is 19.5. The monoisotopic (exact) mass is 514 g/mol. The summed E-state index contributed by atoms with van der Waals surface area (Å²) in [4.78, 5) is 33.7. The first-order chi connectivity index (χ1) is 17.1. The van der Waals surface area contributed by atoms with Crippen LogP contribution in [0.5, 0.6) is 11.5 Å². The van der Waals surface area contributed by atoms with Crippen molar-refractivity contribution >= 4 is 28.3 Å². The molecule has 0 amide bonds. The number of alkyl halides is 3. The summed E-state index contributed by atoms with van der Waals surface area (Å²) in [5, 5.41) is 0.606. The largest absolute Gasteiger partial charge is 0.573 e. The van der Waals surface area contributed by atoms with Gasteiger partial charge < -0.3 is 14.5 Å². The molecule has 0 aliphatic heterocycles. The highest BCUT2D eigenvalue weighted by molar-refractivity contribution is 6.32. The number of ketones is 1. The second-order valence-electron chi connectivity index (χ2n) is 8.42. The minimum absolute atomic E-state index is 0.144. The molecule has 2 heterocycles. The van der Waals surface area contributed by atoms with Crippen molar-refractivity contribution in [3.8, 4) is 22.8 Å². The molecule has 1 aliphatic rings. The van der Waals surface area contributed by atoms with Crippen molar-refractivity contribution in [1.82, 2.24) is 9.97 Å². The number of hydrogen-bond donors (Lipinski definition) is 1. The van der Waals surface area contributed by atoms with Crippen LogP contribution in [-0.2, 0) is 6.42 Å². The number of H-pyrrole nitrogens is 1. The minimum Gasteiger partial charge on any atom is -0.495 e. The number of nitrogens with one attached hydrogen (secondary N) is 1. The van der Waals surface area contributed by atoms with E-state index in [1.54, 1.807) is 18.3 Å². The molecule has 1 aliphatic carbocycles. The van der Waals surface area contributed by atoms with Crippen molar-refractivity contribution in [3.63, 3.8) is 0 Å². The van der Waals surface area contributed by atoms with Crippen molar-refractivity contribution in [2.24, 2.45) is 0 Å². The lowest BCUT2D eigenvalue weighted by Gasteiger charge is -2.24. The molecule has 4 aromatic rings. The van der Waals surface area contributed by atoms with Crippen LogP contribution in [0.3, 0.4) is 0 Å². The number of rotatable bonds is 4. The predicted octanol–water partition coefficient (Wildman–Crippen LogP) is 6.06. The number of Topliss-reactive ketones (excluding diaryl/α,β-unsaturated/α-hetero) is 1. The third-order valence-corrected chi connectivity index (χ3v) is 6.45. The van der Waals surface area contributed by atoms with Crippen LogP contribution in [0.25, 0.3) is 22.2 Å². The van der Waals surface area contributed by atoms with Gasteiger partial charge in [-0.1, -0.05) is 17.7 Å². The second-order valence-corrected chi connectivity index (χ2v) is 8.82. The summed E-state index contributed by atoms with van der Waals surface area (Å²) in [6.45, 7) is 0. The molecule has 0 saturated heterocycles. The van der Waals surface area contributed by atoms with E-state index in [0.29, 0.717) is 40.0 Å². The van der Waals surface area contributed by atoms with Gasteiger partial charge in [-0.2, -0.15) is 0 Å². The van der Waals surface area contributed by atoms with Crippen LogP contribution in [-0.4, -0.2) is 29.2 Å². The lowest BCUT2D eigenvalue weighted by Crippen LogP contribution is -2.27. The number of ether oxygens (including phenoxy) is 2. The Morgan fingerprint density at radius 2 is 1.81 bits per heavy atom. The van der Waals surface area contributed by atoms with Crippen molar-refractivity contribution in [2.75, 3.05) is 7.11 Å². The van der Waals surface area contributed by atoms with Gasteiger partial charge in [0.05, 0.1) is 28.9 Å². The van der Waals surface area contributed by atoms with Gasteiger partial charge in [-0.05, 0) is 54.3 Å². The number of carbonyl (C=O) groups is 1. The number of aromatic amines is 1. The Labute approximate surface area is 207 Å². The van der Waals surface area contributed by atoms with E-state index >= 15 is 0 Å². The van der Waals surface area contributed by atoms with Gasteiger partial charge in [-0.3, -0.25) is 14.6 Å². The van der Waals surface area contributed by atoms with Gasteiger partial charge in [-0.15, -0.1) is 13.2 Å². The number of methoxy groups -OCH3 is 1. The summed E-state index contributed by atoms with van der Waals surface area (Å²) in [7, 11) is 1.48. The molecule has 10 heteroatoms. The predicted molar refractivity (Wildman–Crippen MR) is 128 cm³/mol. The Bertz CT molecular complexity index is 1530. The van der Waals surface area contributed by atoms with E-state index in [1.807, 2.05) is 6.07 Å². The third kappa shape index (κ3) is 4.54. The van der Waals surface area contributed by atoms with Crippen LogP contribution < -0.4 is 14.9 Å². The Morgan fingerprint density at radius 1 is 1.06 bits per heavy atom. The summed E-state index contributed by atoms with van der Waals surface area (Å²) in [5.41, 5.74) is 2.84. The van der Waals surface area contributed by atoms with Gasteiger partial charge >= 0.3 is 6.36 Å². The molecule has 1 atom stereocenters. The van der Waals surface area contributed by atoms with E-state index in [0.717, 1.165) is 5.56 Å². The molecule has 2 aromatic carbocycles. The topological polar surface area (TPSA) is 81.3 Å². The van der Waals surface area contributed by atoms with Crippen molar-refractivity contribution in [1.29, 1.82) is 0 Å². The number of carbonyl (C=O) groups excluding carboxylic acids is 1. The smallest absolute Gasteiger partial charge is 0.495 e. The number of fused-ring (bicyclic) bond motifs is 2. The Balaban J connectivity index is 1.41. The van der Waals surface area contributed by atoms with E-state index in [1.165, 1.54) is 37.4 Å². The van der Waals surface area contributed by atoms with Gasteiger partial charge in [0, 0.05) is 35.3 Å². The van der Waals surface area contributed by atoms with E-state index < -0.39 is 6.36 Å². The van der Waals surface area contributed by atoms with Gasteiger partial charge in [0.25, 0.3) is 0 Å². The Hall–Kier alpha value is -3.85. The maximum Gasteiger partial charge on any atom is 0.573 e. The Morgan fingerprint density at radius 3 is 2.44 bits per heavy atom. The first-order valence-corrected chi connectivity index (χ1v) is 11.3. The normalized spacial score (nSPS) is 15.6. The maximum atomic E-state index is 13.1. The van der Waals surface area contributed by atoms with E-state index in [2.05, 4.69) is 14.7 Å². The molecule has 2 aromatic heterocycles. The molecule has 0 fully saturated rings. The third-order valence-electron chi connectivity index (χ3n) is 6.15. The lowest BCUT2D eigenvalue weighted by molar-refractivity contribution is -0.274. The SMILES string of the molecule is COc1cc2[nH]c3c(c(=O)c2cc1Cl)C(=O)CC(c1ccc(-c2ccc(OC(F)(F)F)cc2)nc1)C3. The van der Waals surface area contributed by atoms with Gasteiger partial charge in [0.15, 0.2) is 5.78 Å². The van der Waals surface area contributed by atoms with Crippen LogP contribution in [0.2, 0.25) is 5.02 Å². The van der Waals surface area contributed by atoms with Crippen LogP contribution >= 0.6 is 11.6 Å². The van der Waals surface area contributed by atoms with Gasteiger partial charge in [-0.25, -0.2) is 0 Å². The minimum atomic E-state index is -4.76. The summed E-state index contributed by atoms with van der Waals surface area (Å²) in [6.07, 6.45) is -2.54. The number of nitrogens with zero attached hydrogens (tertiary/aromatic N) is 1. The molecule has 1 unspecified atom stereocenters. The first-order valence-electron chi connectivity index (χ1n) is 10.9. The summed E-state index contributed by atoms with van der Waals surface area (Å²) in [5.74, 6) is -0.364. The van der Waals surface area contributed by atoms with Crippen LogP contribution in [0.15, 0.2) is 59.5 Å². The zero-order valence-electron chi connectivity index (χ0n) is 18.8. The number of aromatic nitrogens is 2. The van der Waals surface area contributed by atoms with Gasteiger partial charge in [0.2, 0.25) is 5.43 Å². The molecule has 36 heavy (non-hydrogen) atoms. The summed E-state index contributed by atoms with van der Waals surface area (Å²) < 4.78 is 46.2. The summed E-state index contributed by atoms with van der Waals surface area (Å²) >= 11 is 6.17. The first kappa shape index (κ1) is 23.9. The Kier molecular flexibility index (Phi) is 5.96. The van der Waals surface area contributed by atoms with Crippen molar-refractivity contribution in [2.45, 2.75) is 25.1 Å². The fraction of sp³-hybridized carbons (Fsp3) is 0.192. The molecular weight excluding hydrogens is 497 g/mol. The number of halogens is 4. The quantitative estimate of drug-likeness (QED) is 0.358. The molecule has 5 rings (SSSR count). The highest BCUT2D eigenvalue weighted by atomic mass is 35.5.